The van der Waals surface area contributed by atoms with E-state index in [1.54, 1.807) is 24.3 Å². The first-order valence-electron chi connectivity index (χ1n) is 8.84. The fraction of sp³-hybridized carbons (Fsp3) is 0.286. The maximum absolute atomic E-state index is 12.3. The summed E-state index contributed by atoms with van der Waals surface area (Å²) in [5.74, 6) is -0.831. The van der Waals surface area contributed by atoms with Crippen molar-refractivity contribution in [3.05, 3.63) is 58.1 Å². The van der Waals surface area contributed by atoms with E-state index >= 15 is 0 Å². The van der Waals surface area contributed by atoms with Crippen LogP contribution >= 0.6 is 15.9 Å². The number of esters is 1. The molecular formula is C21H22BrNO5. The normalized spacial score (nSPS) is 10.2. The van der Waals surface area contributed by atoms with Crippen LogP contribution in [0.25, 0.3) is 0 Å². The van der Waals surface area contributed by atoms with Gasteiger partial charge in [-0.1, -0.05) is 41.1 Å². The van der Waals surface area contributed by atoms with Crippen LogP contribution in [0.4, 0.5) is 5.69 Å². The minimum atomic E-state index is -0.610. The number of methoxy groups -OCH3 is 1. The molecule has 0 saturated heterocycles. The number of hydrogen-bond donors (Lipinski definition) is 1. The van der Waals surface area contributed by atoms with Gasteiger partial charge in [0.15, 0.2) is 12.4 Å². The van der Waals surface area contributed by atoms with Gasteiger partial charge in [0.2, 0.25) is 0 Å². The van der Waals surface area contributed by atoms with Gasteiger partial charge < -0.3 is 14.8 Å². The molecule has 0 radical (unpaired) electrons. The highest BCUT2D eigenvalue weighted by atomic mass is 79.9. The molecule has 0 aliphatic carbocycles. The highest BCUT2D eigenvalue weighted by Crippen LogP contribution is 2.24. The van der Waals surface area contributed by atoms with Crippen LogP contribution in [0.5, 0.6) is 5.75 Å². The summed E-state index contributed by atoms with van der Waals surface area (Å²) in [6.45, 7) is 1.59. The van der Waals surface area contributed by atoms with Gasteiger partial charge in [-0.15, -0.1) is 0 Å². The Labute approximate surface area is 172 Å². The van der Waals surface area contributed by atoms with Gasteiger partial charge in [-0.05, 0) is 36.2 Å². The Morgan fingerprint density at radius 1 is 1.07 bits per heavy atom. The van der Waals surface area contributed by atoms with Gasteiger partial charge in [0, 0.05) is 16.6 Å². The highest BCUT2D eigenvalue weighted by Gasteiger charge is 2.16. The first kappa shape index (κ1) is 21.6. The van der Waals surface area contributed by atoms with E-state index in [2.05, 4.69) is 21.2 Å². The summed E-state index contributed by atoms with van der Waals surface area (Å²) in [6.07, 6.45) is 0.622. The molecule has 0 atom stereocenters. The molecule has 0 heterocycles. The summed E-state index contributed by atoms with van der Waals surface area (Å²) in [6, 6.07) is 12.5. The third-order valence-electron chi connectivity index (χ3n) is 4.05. The number of carbonyl (C=O) groups excluding carboxylic acids is 3. The topological polar surface area (TPSA) is 81.7 Å². The molecule has 6 nitrogen and oxygen atoms in total. The number of hydrogen-bond acceptors (Lipinski definition) is 5. The van der Waals surface area contributed by atoms with Crippen molar-refractivity contribution in [2.75, 3.05) is 19.0 Å². The van der Waals surface area contributed by atoms with Crippen LogP contribution < -0.4 is 10.1 Å². The lowest BCUT2D eigenvalue weighted by molar-refractivity contribution is -0.147. The molecule has 2 rings (SSSR count). The molecule has 0 aliphatic rings. The predicted octanol–water partition coefficient (Wildman–Crippen LogP) is 4.16. The number of ether oxygens (including phenoxy) is 2. The van der Waals surface area contributed by atoms with E-state index in [1.807, 2.05) is 25.1 Å². The number of anilines is 1. The fourth-order valence-corrected chi connectivity index (χ4v) is 2.96. The van der Waals surface area contributed by atoms with Gasteiger partial charge in [0.25, 0.3) is 5.91 Å². The van der Waals surface area contributed by atoms with E-state index < -0.39 is 18.5 Å². The predicted molar refractivity (Wildman–Crippen MR) is 110 cm³/mol. The SMILES string of the molecule is CCc1ccccc1NC(=O)COC(=O)CCC(=O)c1cc(Br)ccc1OC. The second-order valence-corrected chi connectivity index (χ2v) is 6.90. The second-order valence-electron chi connectivity index (χ2n) is 5.99. The standard InChI is InChI=1S/C21H22BrNO5/c1-3-14-6-4-5-7-17(14)23-20(25)13-28-21(26)11-9-18(24)16-12-15(22)8-10-19(16)27-2/h4-8,10,12H,3,9,11,13H2,1-2H3,(H,23,25). The van der Waals surface area contributed by atoms with Gasteiger partial charge in [-0.25, -0.2) is 0 Å². The summed E-state index contributed by atoms with van der Waals surface area (Å²) >= 11 is 3.31. The van der Waals surface area contributed by atoms with Crippen molar-refractivity contribution in [3.63, 3.8) is 0 Å². The molecule has 7 heteroatoms. The molecule has 0 bridgehead atoms. The molecular weight excluding hydrogens is 426 g/mol. The van der Waals surface area contributed by atoms with Crippen molar-refractivity contribution in [2.45, 2.75) is 26.2 Å². The third kappa shape index (κ3) is 6.20. The molecule has 2 aromatic carbocycles. The zero-order chi connectivity index (χ0) is 20.5. The number of ketones is 1. The average molecular weight is 448 g/mol. The smallest absolute Gasteiger partial charge is 0.306 e. The Kier molecular flexibility index (Phi) is 8.19. The summed E-state index contributed by atoms with van der Waals surface area (Å²) in [4.78, 5) is 36.2. The monoisotopic (exact) mass is 447 g/mol. The fourth-order valence-electron chi connectivity index (χ4n) is 2.60. The van der Waals surface area contributed by atoms with Gasteiger partial charge in [0.05, 0.1) is 19.1 Å². The zero-order valence-electron chi connectivity index (χ0n) is 15.8. The average Bonchev–Trinajstić information content (AvgIpc) is 2.70. The number of halogens is 1. The van der Waals surface area contributed by atoms with Gasteiger partial charge >= 0.3 is 5.97 Å². The Morgan fingerprint density at radius 3 is 2.54 bits per heavy atom. The Bertz CT molecular complexity index is 866. The quantitative estimate of drug-likeness (QED) is 0.460. The van der Waals surface area contributed by atoms with Crippen molar-refractivity contribution in [2.24, 2.45) is 0 Å². The van der Waals surface area contributed by atoms with E-state index in [9.17, 15) is 14.4 Å². The van der Waals surface area contributed by atoms with Crippen LogP contribution in [0.15, 0.2) is 46.9 Å². The molecule has 28 heavy (non-hydrogen) atoms. The number of para-hydroxylation sites is 1. The van der Waals surface area contributed by atoms with Crippen LogP contribution in [0, 0.1) is 0 Å². The van der Waals surface area contributed by atoms with Crippen LogP contribution in [-0.2, 0) is 20.7 Å². The zero-order valence-corrected chi connectivity index (χ0v) is 17.4. The molecule has 0 aromatic heterocycles. The number of carbonyl (C=O) groups is 3. The molecule has 2 aromatic rings. The molecule has 148 valence electrons. The number of amides is 1. The highest BCUT2D eigenvalue weighted by molar-refractivity contribution is 9.10. The summed E-state index contributed by atoms with van der Waals surface area (Å²) in [5.41, 5.74) is 2.08. The second kappa shape index (κ2) is 10.6. The minimum absolute atomic E-state index is 0.0358. The van der Waals surface area contributed by atoms with E-state index in [4.69, 9.17) is 9.47 Å². The van der Waals surface area contributed by atoms with Gasteiger partial charge in [-0.3, -0.25) is 14.4 Å². The van der Waals surface area contributed by atoms with Crippen LogP contribution in [0.1, 0.15) is 35.7 Å². The first-order valence-corrected chi connectivity index (χ1v) is 9.64. The van der Waals surface area contributed by atoms with Crippen molar-refractivity contribution in [3.8, 4) is 5.75 Å². The molecule has 0 fully saturated rings. The largest absolute Gasteiger partial charge is 0.496 e. The lowest BCUT2D eigenvalue weighted by Gasteiger charge is -2.10. The Hall–Kier alpha value is -2.67. The lowest BCUT2D eigenvalue weighted by Crippen LogP contribution is -2.21. The summed E-state index contributed by atoms with van der Waals surface area (Å²) in [5, 5.41) is 2.72. The van der Waals surface area contributed by atoms with E-state index in [1.165, 1.54) is 7.11 Å². The van der Waals surface area contributed by atoms with E-state index in [0.29, 0.717) is 17.0 Å². The van der Waals surface area contributed by atoms with Gasteiger partial charge in [-0.2, -0.15) is 0 Å². The van der Waals surface area contributed by atoms with Crippen LogP contribution in [0.3, 0.4) is 0 Å². The minimum Gasteiger partial charge on any atom is -0.496 e. The Morgan fingerprint density at radius 2 is 1.82 bits per heavy atom. The van der Waals surface area contributed by atoms with E-state index in [-0.39, 0.29) is 18.6 Å². The maximum Gasteiger partial charge on any atom is 0.306 e. The molecule has 0 saturated carbocycles. The number of Topliss-reactive ketones (excluding diaryl/α,β-unsaturated/α-hetero) is 1. The summed E-state index contributed by atoms with van der Waals surface area (Å²) in [7, 11) is 1.48. The lowest BCUT2D eigenvalue weighted by atomic mass is 10.1. The van der Waals surface area contributed by atoms with Crippen LogP contribution in [0.2, 0.25) is 0 Å². The van der Waals surface area contributed by atoms with Crippen molar-refractivity contribution >= 4 is 39.3 Å². The molecule has 0 aliphatic heterocycles. The third-order valence-corrected chi connectivity index (χ3v) is 4.55. The number of nitrogens with one attached hydrogen (secondary N) is 1. The number of aryl methyl sites for hydroxylation is 1. The molecule has 1 amide bonds. The molecule has 0 spiro atoms. The first-order chi connectivity index (χ1) is 13.4. The van der Waals surface area contributed by atoms with Crippen LogP contribution in [-0.4, -0.2) is 31.4 Å². The van der Waals surface area contributed by atoms with Crippen molar-refractivity contribution in [1.29, 1.82) is 0 Å². The van der Waals surface area contributed by atoms with E-state index in [0.717, 1.165) is 16.5 Å². The van der Waals surface area contributed by atoms with Gasteiger partial charge in [0.1, 0.15) is 5.75 Å². The molecule has 0 unspecified atom stereocenters. The number of rotatable bonds is 9. The maximum atomic E-state index is 12.3. The summed E-state index contributed by atoms with van der Waals surface area (Å²) < 4.78 is 10.9. The number of benzene rings is 2. The Balaban J connectivity index is 1.82. The van der Waals surface area contributed by atoms with Crippen molar-refractivity contribution < 1.29 is 23.9 Å². The van der Waals surface area contributed by atoms with Crippen molar-refractivity contribution in [1.82, 2.24) is 0 Å². The molecule has 1 N–H and O–H groups in total.